The van der Waals surface area contributed by atoms with Gasteiger partial charge in [-0.3, -0.25) is 4.84 Å². The lowest BCUT2D eigenvalue weighted by molar-refractivity contribution is -0.0479. The quantitative estimate of drug-likeness (QED) is 0.411. The van der Waals surface area contributed by atoms with Crippen LogP contribution in [0.4, 0.5) is 0 Å². The van der Waals surface area contributed by atoms with Crippen molar-refractivity contribution in [3.8, 4) is 0 Å². The largest absolute Gasteiger partial charge is 0.288 e. The van der Waals surface area contributed by atoms with Crippen LogP contribution in [0, 0.1) is 0 Å². The molecule has 2 aliphatic rings. The third-order valence-electron chi connectivity index (χ3n) is 2.92. The van der Waals surface area contributed by atoms with Crippen molar-refractivity contribution in [2.24, 2.45) is 0 Å². The lowest BCUT2D eigenvalue weighted by Gasteiger charge is -2.34. The van der Waals surface area contributed by atoms with E-state index in [1.165, 1.54) is 12.1 Å². The van der Waals surface area contributed by atoms with Gasteiger partial charge in [-0.1, -0.05) is 13.2 Å². The first-order valence-electron chi connectivity index (χ1n) is 4.66. The molecule has 12 heavy (non-hydrogen) atoms. The topological polar surface area (TPSA) is 21.3 Å². The molecule has 2 saturated heterocycles. The Kier molecular flexibility index (Phi) is 1.98. The molecule has 0 aliphatic carbocycles. The van der Waals surface area contributed by atoms with Crippen molar-refractivity contribution in [3.05, 3.63) is 0 Å². The molecular formula is C8H17BNOS. The number of nitrogens with one attached hydrogen (secondary N) is 1. The van der Waals surface area contributed by atoms with Gasteiger partial charge in [-0.15, -0.1) is 0 Å². The fraction of sp³-hybridized carbons (Fsp3) is 1.00. The van der Waals surface area contributed by atoms with Gasteiger partial charge in [-0.25, -0.2) is 0 Å². The molecule has 0 aromatic heterocycles. The predicted octanol–water partition coefficient (Wildman–Crippen LogP) is 1.85. The molecule has 2 rings (SSSR count). The molecule has 0 spiro atoms. The summed E-state index contributed by atoms with van der Waals surface area (Å²) in [4.78, 5) is 8.97. The van der Waals surface area contributed by atoms with E-state index in [1.807, 2.05) is 0 Å². The molecule has 69 valence electrons. The highest BCUT2D eigenvalue weighted by Gasteiger charge is 2.57. The van der Waals surface area contributed by atoms with Gasteiger partial charge in [0.2, 0.25) is 0 Å². The van der Waals surface area contributed by atoms with Crippen molar-refractivity contribution < 1.29 is 4.84 Å². The van der Waals surface area contributed by atoms with E-state index in [9.17, 15) is 0 Å². The van der Waals surface area contributed by atoms with Crippen molar-refractivity contribution in [2.45, 2.75) is 44.4 Å². The van der Waals surface area contributed by atoms with E-state index in [1.54, 1.807) is 0 Å². The van der Waals surface area contributed by atoms with Gasteiger partial charge < -0.3 is 0 Å². The molecule has 2 heterocycles. The van der Waals surface area contributed by atoms with Crippen molar-refractivity contribution >= 4 is 16.6 Å². The van der Waals surface area contributed by atoms with Crippen LogP contribution in [0.5, 0.6) is 0 Å². The predicted molar refractivity (Wildman–Crippen MR) is 55.4 cm³/mol. The van der Waals surface area contributed by atoms with Crippen LogP contribution in [-0.4, -0.2) is 23.2 Å². The summed E-state index contributed by atoms with van der Waals surface area (Å²) in [7, 11) is -0.513. The average Bonchev–Trinajstić information content (AvgIpc) is 2.52. The van der Waals surface area contributed by atoms with Crippen LogP contribution in [0.25, 0.3) is 0 Å². The Morgan fingerprint density at radius 2 is 2.42 bits per heavy atom. The van der Waals surface area contributed by atoms with Gasteiger partial charge in [0.1, 0.15) is 0 Å². The smallest absolute Gasteiger partial charge is 0.192 e. The van der Waals surface area contributed by atoms with Crippen LogP contribution in [0.1, 0.15) is 27.2 Å². The Balaban J connectivity index is 1.75. The first kappa shape index (κ1) is 8.91. The zero-order chi connectivity index (χ0) is 8.82. The van der Waals surface area contributed by atoms with Crippen molar-refractivity contribution in [1.82, 2.24) is 4.89 Å². The van der Waals surface area contributed by atoms with Crippen LogP contribution in [0.3, 0.4) is 0 Å². The minimum Gasteiger partial charge on any atom is -0.288 e. The normalized spacial score (nSPS) is 43.4. The molecule has 2 fully saturated rings. The first-order valence-corrected chi connectivity index (χ1v) is 6.59. The minimum absolute atomic E-state index is 0.00167. The Morgan fingerprint density at radius 3 is 2.75 bits per heavy atom. The first-order chi connectivity index (χ1) is 5.58. The summed E-state index contributed by atoms with van der Waals surface area (Å²) < 4.78 is 0. The molecule has 2 unspecified atom stereocenters. The van der Waals surface area contributed by atoms with Gasteiger partial charge >= 0.3 is 0 Å². The SMILES string of the molecule is CCC(C)(C)ONS12[B]CC1C2. The molecule has 2 aliphatic heterocycles. The Labute approximate surface area is 77.0 Å². The highest BCUT2D eigenvalue weighted by Crippen LogP contribution is 2.73. The summed E-state index contributed by atoms with van der Waals surface area (Å²) in [5.41, 5.74) is -0.00167. The number of rotatable bonds is 4. The third kappa shape index (κ3) is 1.40. The van der Waals surface area contributed by atoms with E-state index in [2.05, 4.69) is 32.2 Å². The molecule has 0 amide bonds. The summed E-state index contributed by atoms with van der Waals surface area (Å²) in [5, 5.41) is 0.963. The zero-order valence-electron chi connectivity index (χ0n) is 8.09. The van der Waals surface area contributed by atoms with E-state index in [-0.39, 0.29) is 5.60 Å². The lowest BCUT2D eigenvalue weighted by atomic mass is 10.00. The zero-order valence-corrected chi connectivity index (χ0v) is 8.91. The highest BCUT2D eigenvalue weighted by molar-refractivity contribution is 8.58. The number of fused-ring (bicyclic) bond motifs is 1. The van der Waals surface area contributed by atoms with Crippen molar-refractivity contribution in [1.29, 1.82) is 0 Å². The Hall–Kier alpha value is 0.335. The summed E-state index contributed by atoms with van der Waals surface area (Å²) in [6, 6.07) is 0. The molecule has 0 bridgehead atoms. The maximum atomic E-state index is 5.68. The lowest BCUT2D eigenvalue weighted by Crippen LogP contribution is -2.34. The number of hydrogen-bond donors (Lipinski definition) is 1. The van der Waals surface area contributed by atoms with Gasteiger partial charge in [-0.05, 0) is 31.3 Å². The summed E-state index contributed by atoms with van der Waals surface area (Å²) in [5.74, 6) is 1.37. The van der Waals surface area contributed by atoms with Crippen molar-refractivity contribution in [3.63, 3.8) is 0 Å². The van der Waals surface area contributed by atoms with E-state index < -0.39 is 10.1 Å². The van der Waals surface area contributed by atoms with Crippen LogP contribution in [0.15, 0.2) is 0 Å². The van der Waals surface area contributed by atoms with Gasteiger partial charge in [0.05, 0.1) is 5.60 Å². The van der Waals surface area contributed by atoms with Crippen LogP contribution >= 0.6 is 10.1 Å². The van der Waals surface area contributed by atoms with Crippen LogP contribution in [-0.2, 0) is 4.84 Å². The third-order valence-corrected chi connectivity index (χ3v) is 6.18. The van der Waals surface area contributed by atoms with Crippen LogP contribution in [0.2, 0.25) is 6.32 Å². The fourth-order valence-corrected chi connectivity index (χ4v) is 4.10. The van der Waals surface area contributed by atoms with Crippen molar-refractivity contribution in [2.75, 3.05) is 5.75 Å². The molecular weight excluding hydrogens is 169 g/mol. The molecule has 0 aromatic carbocycles. The molecule has 4 heteroatoms. The van der Waals surface area contributed by atoms with E-state index in [4.69, 9.17) is 4.84 Å². The molecule has 1 radical (unpaired) electrons. The van der Waals surface area contributed by atoms with E-state index in [0.29, 0.717) is 0 Å². The second kappa shape index (κ2) is 2.66. The highest BCUT2D eigenvalue weighted by atomic mass is 32.3. The second-order valence-electron chi connectivity index (χ2n) is 4.34. The van der Waals surface area contributed by atoms with Gasteiger partial charge in [-0.2, -0.15) is 15.0 Å². The maximum Gasteiger partial charge on any atom is 0.192 e. The molecule has 2 nitrogen and oxygen atoms in total. The van der Waals surface area contributed by atoms with Gasteiger partial charge in [0.15, 0.2) is 6.56 Å². The van der Waals surface area contributed by atoms with Gasteiger partial charge in [0, 0.05) is 0 Å². The minimum atomic E-state index is -0.513. The summed E-state index contributed by atoms with van der Waals surface area (Å²) in [6.45, 7) is 8.84. The Morgan fingerprint density at radius 1 is 1.67 bits per heavy atom. The van der Waals surface area contributed by atoms with E-state index >= 15 is 0 Å². The van der Waals surface area contributed by atoms with E-state index in [0.717, 1.165) is 11.7 Å². The molecule has 0 saturated carbocycles. The average molecular weight is 186 g/mol. The molecule has 2 atom stereocenters. The van der Waals surface area contributed by atoms with Gasteiger partial charge in [0.25, 0.3) is 0 Å². The fourth-order valence-electron chi connectivity index (χ4n) is 1.27. The standard InChI is InChI=1S/C8H17BNOS/c1-4-8(2,3)11-10-12-6-7(12)5-9-12/h7,10H,4-6H2,1-3H3. The summed E-state index contributed by atoms with van der Waals surface area (Å²) >= 11 is 0. The maximum absolute atomic E-state index is 5.68. The second-order valence-corrected chi connectivity index (χ2v) is 7.54. The molecule has 1 N–H and O–H groups in total. The summed E-state index contributed by atoms with van der Waals surface area (Å²) in [6.07, 6.45) is 2.37. The monoisotopic (exact) mass is 186 g/mol. The van der Waals surface area contributed by atoms with Crippen LogP contribution < -0.4 is 4.89 Å². The number of hydrogen-bond acceptors (Lipinski definition) is 2. The Bertz CT molecular complexity index is 191. The molecule has 0 aromatic rings.